The van der Waals surface area contributed by atoms with Gasteiger partial charge in [-0.15, -0.1) is 0 Å². The van der Waals surface area contributed by atoms with E-state index in [-0.39, 0.29) is 4.64 Å². The first-order valence-corrected chi connectivity index (χ1v) is 1.90. The molecule has 0 heterocycles. The van der Waals surface area contributed by atoms with Gasteiger partial charge in [0.05, 0.1) is 0 Å². The molecule has 3 heteroatoms. The number of carbonyl (C=O) groups is 1. The zero-order chi connectivity index (χ0) is 4.99. The van der Waals surface area contributed by atoms with Crippen LogP contribution >= 0.6 is 0 Å². The van der Waals surface area contributed by atoms with E-state index in [1.165, 1.54) is 17.7 Å². The average molecular weight is 80.0 g/mol. The molecule has 30 valence electrons. The van der Waals surface area contributed by atoms with Crippen molar-refractivity contribution in [2.75, 3.05) is 6.61 Å². The quantitative estimate of drug-likeness (QED) is 0.424. The van der Waals surface area contributed by atoms with Crippen LogP contribution in [0.25, 0.3) is 0 Å². The Bertz CT molecular complexity index is 52.8. The molecule has 0 spiro atoms. The maximum atomic E-state index is 9.82. The van der Waals surface area contributed by atoms with E-state index in [9.17, 15) is 4.79 Å². The molecule has 0 radical (unpaired) electrons. The van der Waals surface area contributed by atoms with Crippen LogP contribution in [0.3, 0.4) is 0 Å². The summed E-state index contributed by atoms with van der Waals surface area (Å²) in [6, 6.07) is 0. The number of hydrogen-bond acceptors (Lipinski definition) is 2. The fourth-order valence-electron chi connectivity index (χ4n) is 0.203. The predicted molar refractivity (Wildman–Crippen MR) is 22.8 cm³/mol. The standard InChI is InChI=1S/C3H5O2.Li/c1-2-5-3-4;/h2H2,1H3;. The molecule has 0 rings (SSSR count). The summed E-state index contributed by atoms with van der Waals surface area (Å²) < 4.78 is 4.19. The topological polar surface area (TPSA) is 26.3 Å². The van der Waals surface area contributed by atoms with Crippen LogP contribution in [0.5, 0.6) is 0 Å². The van der Waals surface area contributed by atoms with Gasteiger partial charge >= 0.3 is 45.4 Å². The van der Waals surface area contributed by atoms with Gasteiger partial charge in [-0.2, -0.15) is 0 Å². The van der Waals surface area contributed by atoms with Crippen molar-refractivity contribution in [3.63, 3.8) is 0 Å². The van der Waals surface area contributed by atoms with Crippen molar-refractivity contribution in [3.05, 3.63) is 0 Å². The van der Waals surface area contributed by atoms with Crippen LogP contribution in [0.2, 0.25) is 0 Å². The Morgan fingerprint density at radius 2 is 2.50 bits per heavy atom. The predicted octanol–water partition coefficient (Wildman–Crippen LogP) is 0.311. The second kappa shape index (κ2) is 3.26. The van der Waals surface area contributed by atoms with Crippen molar-refractivity contribution in [2.24, 2.45) is 0 Å². The normalized spacial score (nSPS) is 7.83. The molecule has 0 N–H and O–H groups in total. The Labute approximate surface area is 46.1 Å². The number of hydrogen-bond donors (Lipinski definition) is 0. The van der Waals surface area contributed by atoms with Gasteiger partial charge in [-0.05, 0) is 0 Å². The molecule has 0 aliphatic carbocycles. The molecule has 0 bridgehead atoms. The third kappa shape index (κ3) is 4.07. The van der Waals surface area contributed by atoms with Crippen LogP contribution < -0.4 is 0 Å². The van der Waals surface area contributed by atoms with E-state index in [1.54, 1.807) is 6.92 Å². The number of rotatable bonds is 1. The molecule has 6 heavy (non-hydrogen) atoms. The summed E-state index contributed by atoms with van der Waals surface area (Å²) >= 11 is 1.39. The van der Waals surface area contributed by atoms with Gasteiger partial charge in [-0.25, -0.2) is 0 Å². The fourth-order valence-corrected chi connectivity index (χ4v) is 0.203. The molecular weight excluding hydrogens is 75.0 g/mol. The maximum absolute atomic E-state index is 9.82. The third-order valence-corrected chi connectivity index (χ3v) is 0.348. The zero-order valence-corrected chi connectivity index (χ0v) is 4.02. The van der Waals surface area contributed by atoms with Gasteiger partial charge in [0.2, 0.25) is 0 Å². The van der Waals surface area contributed by atoms with E-state index in [2.05, 4.69) is 4.74 Å². The van der Waals surface area contributed by atoms with Gasteiger partial charge < -0.3 is 0 Å². The van der Waals surface area contributed by atoms with Crippen LogP contribution in [-0.4, -0.2) is 29.0 Å². The summed E-state index contributed by atoms with van der Waals surface area (Å²) in [6.45, 7) is 2.26. The second-order valence-corrected chi connectivity index (χ2v) is 0.925. The van der Waals surface area contributed by atoms with Crippen molar-refractivity contribution < 1.29 is 9.53 Å². The third-order valence-electron chi connectivity index (χ3n) is 0.348. The minimum atomic E-state index is -0.211. The van der Waals surface area contributed by atoms with Crippen LogP contribution in [0.1, 0.15) is 6.92 Å². The molecule has 0 unspecified atom stereocenters. The molecule has 0 amide bonds. The molecule has 0 aliphatic heterocycles. The van der Waals surface area contributed by atoms with Crippen LogP contribution in [0.15, 0.2) is 0 Å². The van der Waals surface area contributed by atoms with E-state index in [4.69, 9.17) is 0 Å². The van der Waals surface area contributed by atoms with E-state index in [1.807, 2.05) is 0 Å². The van der Waals surface area contributed by atoms with Crippen LogP contribution in [0, 0.1) is 0 Å². The van der Waals surface area contributed by atoms with Gasteiger partial charge in [0.15, 0.2) is 0 Å². The molecule has 0 aromatic heterocycles. The van der Waals surface area contributed by atoms with E-state index >= 15 is 0 Å². The molecule has 0 fully saturated rings. The first-order chi connectivity index (χ1) is 2.77. The Balaban J connectivity index is 2.83. The van der Waals surface area contributed by atoms with Crippen molar-refractivity contribution in [1.82, 2.24) is 0 Å². The SMILES string of the molecule is [Li][C](=O)OCC. The molecule has 0 saturated heterocycles. The van der Waals surface area contributed by atoms with Crippen LogP contribution in [-0.2, 0) is 4.74 Å². The Kier molecular flexibility index (Phi) is 3.30. The minimum absolute atomic E-state index is 0.211. The number of carbonyl (C=O) groups excluding carboxylic acids is 1. The first-order valence-electron chi connectivity index (χ1n) is 1.90. The fraction of sp³-hybridized carbons (Fsp3) is 0.667. The van der Waals surface area contributed by atoms with Gasteiger partial charge in [-0.1, -0.05) is 0 Å². The van der Waals surface area contributed by atoms with E-state index in [0.29, 0.717) is 6.61 Å². The molecule has 2 nitrogen and oxygen atoms in total. The zero-order valence-electron chi connectivity index (χ0n) is 4.02. The van der Waals surface area contributed by atoms with Crippen molar-refractivity contribution >= 4 is 22.4 Å². The molecule has 0 atom stereocenters. The summed E-state index contributed by atoms with van der Waals surface area (Å²) in [5.74, 6) is 0. The average Bonchev–Trinajstić information content (AvgIpc) is 1.35. The van der Waals surface area contributed by atoms with Gasteiger partial charge in [0.25, 0.3) is 0 Å². The molecule has 0 aliphatic rings. The molecule has 0 aromatic carbocycles. The van der Waals surface area contributed by atoms with Crippen molar-refractivity contribution in [2.45, 2.75) is 6.92 Å². The first kappa shape index (κ1) is 6.07. The van der Waals surface area contributed by atoms with Crippen molar-refractivity contribution in [1.29, 1.82) is 0 Å². The van der Waals surface area contributed by atoms with Gasteiger partial charge in [0.1, 0.15) is 0 Å². The Hall–Kier alpha value is 0.0674. The number of ether oxygens (including phenoxy) is 1. The van der Waals surface area contributed by atoms with Gasteiger partial charge in [0, 0.05) is 0 Å². The second-order valence-electron chi connectivity index (χ2n) is 0.925. The Morgan fingerprint density at radius 3 is 2.50 bits per heavy atom. The van der Waals surface area contributed by atoms with E-state index in [0.717, 1.165) is 0 Å². The molecule has 0 saturated carbocycles. The summed E-state index contributed by atoms with van der Waals surface area (Å²) in [7, 11) is 0. The Morgan fingerprint density at radius 1 is 2.00 bits per heavy atom. The summed E-state index contributed by atoms with van der Waals surface area (Å²) in [5.41, 5.74) is 0. The van der Waals surface area contributed by atoms with E-state index < -0.39 is 0 Å². The molecule has 0 aromatic rings. The summed E-state index contributed by atoms with van der Waals surface area (Å²) in [4.78, 5) is 9.82. The summed E-state index contributed by atoms with van der Waals surface area (Å²) in [5, 5.41) is 0. The van der Waals surface area contributed by atoms with Gasteiger partial charge in [-0.3, -0.25) is 0 Å². The molecular formula is C3H5LiO2. The van der Waals surface area contributed by atoms with Crippen LogP contribution in [0.4, 0.5) is 4.79 Å². The summed E-state index contributed by atoms with van der Waals surface area (Å²) in [6.07, 6.45) is 0. The monoisotopic (exact) mass is 80.0 g/mol. The van der Waals surface area contributed by atoms with Crippen molar-refractivity contribution in [3.8, 4) is 0 Å².